The van der Waals surface area contributed by atoms with Gasteiger partial charge in [0.2, 0.25) is 0 Å². The summed E-state index contributed by atoms with van der Waals surface area (Å²) in [6.45, 7) is 3.39. The lowest BCUT2D eigenvalue weighted by Crippen LogP contribution is -2.19. The van der Waals surface area contributed by atoms with Crippen molar-refractivity contribution < 1.29 is 23.6 Å². The van der Waals surface area contributed by atoms with E-state index < -0.39 is 7.82 Å². The van der Waals surface area contributed by atoms with Gasteiger partial charge >= 0.3 is 7.82 Å². The molecule has 0 aliphatic heterocycles. The maximum atomic E-state index is 11.1. The lowest BCUT2D eigenvalue weighted by molar-refractivity contribution is 0.112. The second-order valence-electron chi connectivity index (χ2n) is 9.58. The van der Waals surface area contributed by atoms with Crippen LogP contribution in [0.3, 0.4) is 0 Å². The van der Waals surface area contributed by atoms with Crippen LogP contribution >= 0.6 is 19.6 Å². The van der Waals surface area contributed by atoms with Gasteiger partial charge in [0.1, 0.15) is 0 Å². The Bertz CT molecular complexity index is 625. The third-order valence-electron chi connectivity index (χ3n) is 6.20. The van der Waals surface area contributed by atoms with Gasteiger partial charge in [0.05, 0.1) is 18.5 Å². The number of benzene rings is 1. The summed E-state index contributed by atoms with van der Waals surface area (Å²) in [7, 11) is -4.46. The predicted octanol–water partition coefficient (Wildman–Crippen LogP) is 8.68. The molecule has 0 aromatic heterocycles. The van der Waals surface area contributed by atoms with Gasteiger partial charge in [-0.1, -0.05) is 134 Å². The highest BCUT2D eigenvalue weighted by Gasteiger charge is 2.19. The van der Waals surface area contributed by atoms with Gasteiger partial charge < -0.3 is 14.5 Å². The molecule has 0 fully saturated rings. The van der Waals surface area contributed by atoms with Crippen LogP contribution in [0, 0.1) is 0 Å². The van der Waals surface area contributed by atoms with Crippen molar-refractivity contribution in [2.75, 3.05) is 19.8 Å². The summed E-state index contributed by atoms with van der Waals surface area (Å²) < 4.78 is 21.6. The first-order valence-electron chi connectivity index (χ1n) is 13.9. The number of phosphoric acid groups is 1. The van der Waals surface area contributed by atoms with Gasteiger partial charge in [0, 0.05) is 12.4 Å². The summed E-state index contributed by atoms with van der Waals surface area (Å²) in [5, 5.41) is -0.108. The van der Waals surface area contributed by atoms with Crippen LogP contribution in [0.4, 0.5) is 0 Å². The van der Waals surface area contributed by atoms with E-state index in [1.165, 1.54) is 102 Å². The molecule has 0 radical (unpaired) electrons. The van der Waals surface area contributed by atoms with Gasteiger partial charge in [-0.05, 0) is 12.0 Å². The van der Waals surface area contributed by atoms with Gasteiger partial charge in [-0.25, -0.2) is 4.57 Å². The van der Waals surface area contributed by atoms with Crippen LogP contribution < -0.4 is 0 Å². The monoisotopic (exact) mass is 530 g/mol. The molecule has 1 rings (SSSR count). The molecule has 0 heterocycles. The first-order chi connectivity index (χ1) is 17.0. The number of hydrogen-bond acceptors (Lipinski definition) is 4. The Hall–Kier alpha value is -0.360. The second-order valence-corrected chi connectivity index (χ2v) is 12.1. The van der Waals surface area contributed by atoms with Crippen molar-refractivity contribution in [2.45, 2.75) is 121 Å². The number of unbranched alkanes of at least 4 members (excludes halogenated alkanes) is 15. The van der Waals surface area contributed by atoms with Gasteiger partial charge in [0.15, 0.2) is 0 Å². The van der Waals surface area contributed by atoms with E-state index in [1.807, 2.05) is 30.3 Å². The Kier molecular flexibility index (Phi) is 21.3. The Morgan fingerprint density at radius 1 is 0.743 bits per heavy atom. The molecule has 0 bridgehead atoms. The molecule has 5 nitrogen and oxygen atoms in total. The van der Waals surface area contributed by atoms with Crippen molar-refractivity contribution in [1.82, 2.24) is 0 Å². The van der Waals surface area contributed by atoms with Crippen LogP contribution in [0.25, 0.3) is 0 Å². The molecule has 2 N–H and O–H groups in total. The van der Waals surface area contributed by atoms with Crippen molar-refractivity contribution in [2.24, 2.45) is 0 Å². The van der Waals surface area contributed by atoms with Crippen molar-refractivity contribution in [3.63, 3.8) is 0 Å². The summed E-state index contributed by atoms with van der Waals surface area (Å²) in [6.07, 6.45) is 21.6. The van der Waals surface area contributed by atoms with Gasteiger partial charge in [-0.2, -0.15) is 0 Å². The number of rotatable bonds is 25. The number of ether oxygens (including phenoxy) is 1. The molecule has 7 heteroatoms. The number of thioether (sulfide) groups is 1. The molecule has 0 saturated heterocycles. The fourth-order valence-electron chi connectivity index (χ4n) is 4.08. The smallest absolute Gasteiger partial charge is 0.380 e. The first kappa shape index (κ1) is 32.7. The largest absolute Gasteiger partial charge is 0.469 e. The van der Waals surface area contributed by atoms with E-state index in [9.17, 15) is 4.57 Å². The van der Waals surface area contributed by atoms with E-state index in [4.69, 9.17) is 19.0 Å². The molecule has 35 heavy (non-hydrogen) atoms. The van der Waals surface area contributed by atoms with Crippen LogP contribution in [-0.2, 0) is 19.6 Å². The summed E-state index contributed by atoms with van der Waals surface area (Å²) in [5.41, 5.74) is 1.18. The van der Waals surface area contributed by atoms with Crippen LogP contribution in [0.2, 0.25) is 0 Å². The highest BCUT2D eigenvalue weighted by Crippen LogP contribution is 2.37. The van der Waals surface area contributed by atoms with E-state index >= 15 is 0 Å². The van der Waals surface area contributed by atoms with E-state index in [-0.39, 0.29) is 11.9 Å². The Balaban J connectivity index is 1.96. The quantitative estimate of drug-likeness (QED) is 0.0973. The van der Waals surface area contributed by atoms with Crippen LogP contribution in [0.15, 0.2) is 30.3 Å². The predicted molar refractivity (Wildman–Crippen MR) is 150 cm³/mol. The first-order valence-corrected chi connectivity index (χ1v) is 16.5. The summed E-state index contributed by atoms with van der Waals surface area (Å²) in [6, 6.07) is 10.1. The minimum Gasteiger partial charge on any atom is -0.380 e. The van der Waals surface area contributed by atoms with Crippen molar-refractivity contribution in [3.05, 3.63) is 35.9 Å². The molecule has 0 aliphatic carbocycles. The Labute approximate surface area is 219 Å². The average Bonchev–Trinajstić information content (AvgIpc) is 2.84. The van der Waals surface area contributed by atoms with Crippen LogP contribution in [0.1, 0.15) is 115 Å². The molecular weight excluding hydrogens is 479 g/mol. The zero-order valence-electron chi connectivity index (χ0n) is 22.1. The topological polar surface area (TPSA) is 76.0 Å². The van der Waals surface area contributed by atoms with Crippen LogP contribution in [0.5, 0.6) is 0 Å². The van der Waals surface area contributed by atoms with Gasteiger partial charge in [0.25, 0.3) is 0 Å². The molecular formula is C28H51O5PS. The molecule has 1 atom stereocenters. The minimum absolute atomic E-state index is 0.0132. The fourth-order valence-corrected chi connectivity index (χ4v) is 5.53. The summed E-state index contributed by atoms with van der Waals surface area (Å²) >= 11 is 1.61. The standard InChI is InChI=1S/C28H51O5PS/c1-2-3-4-5-6-7-8-9-10-11-12-13-14-15-16-20-23-32-24-28(25-33-34(29,30)31)35-26-27-21-18-17-19-22-27/h17-19,21-22,28H,2-16,20,23-26H2,1H3,(H2,29,30,31). The molecule has 1 aromatic carbocycles. The Morgan fingerprint density at radius 3 is 1.71 bits per heavy atom. The SMILES string of the molecule is CCCCCCCCCCCCCCCCCCOCC(COP(=O)(O)O)SCc1ccccc1. The van der Waals surface area contributed by atoms with Gasteiger partial charge in [-0.3, -0.25) is 4.52 Å². The van der Waals surface area contributed by atoms with E-state index in [0.29, 0.717) is 13.2 Å². The Morgan fingerprint density at radius 2 is 1.23 bits per heavy atom. The maximum Gasteiger partial charge on any atom is 0.469 e. The average molecular weight is 531 g/mol. The minimum atomic E-state index is -4.46. The summed E-state index contributed by atoms with van der Waals surface area (Å²) in [4.78, 5) is 18.0. The maximum absolute atomic E-state index is 11.1. The fraction of sp³-hybridized carbons (Fsp3) is 0.786. The zero-order chi connectivity index (χ0) is 25.5. The lowest BCUT2D eigenvalue weighted by Gasteiger charge is -2.17. The molecule has 0 aliphatic rings. The molecule has 1 unspecified atom stereocenters. The normalized spacial score (nSPS) is 12.8. The van der Waals surface area contributed by atoms with E-state index in [2.05, 4.69) is 6.92 Å². The molecule has 0 amide bonds. The van der Waals surface area contributed by atoms with E-state index in [0.717, 1.165) is 12.2 Å². The molecule has 204 valence electrons. The third-order valence-corrected chi connectivity index (χ3v) is 7.93. The van der Waals surface area contributed by atoms with E-state index in [1.54, 1.807) is 11.8 Å². The van der Waals surface area contributed by atoms with Crippen molar-refractivity contribution in [3.8, 4) is 0 Å². The molecule has 0 spiro atoms. The van der Waals surface area contributed by atoms with Crippen LogP contribution in [-0.4, -0.2) is 34.9 Å². The molecule has 1 aromatic rings. The molecule has 0 saturated carbocycles. The van der Waals surface area contributed by atoms with Crippen molar-refractivity contribution >= 4 is 19.6 Å². The highest BCUT2D eigenvalue weighted by atomic mass is 32.2. The van der Waals surface area contributed by atoms with Crippen molar-refractivity contribution in [1.29, 1.82) is 0 Å². The lowest BCUT2D eigenvalue weighted by atomic mass is 10.0. The highest BCUT2D eigenvalue weighted by molar-refractivity contribution is 7.99. The second kappa shape index (κ2) is 22.8. The number of hydrogen-bond donors (Lipinski definition) is 2. The zero-order valence-corrected chi connectivity index (χ0v) is 23.8. The van der Waals surface area contributed by atoms with Gasteiger partial charge in [-0.15, -0.1) is 11.8 Å². The number of phosphoric ester groups is 1. The third kappa shape index (κ3) is 22.6. The summed E-state index contributed by atoms with van der Waals surface area (Å²) in [5.74, 6) is 0.762.